The molecule has 18 heavy (non-hydrogen) atoms. The molecule has 1 aliphatic heterocycles. The fourth-order valence-corrected chi connectivity index (χ4v) is 4.48. The molecule has 0 aromatic carbocycles. The van der Waals surface area contributed by atoms with Gasteiger partial charge in [0.1, 0.15) is 11.9 Å². The van der Waals surface area contributed by atoms with Crippen LogP contribution in [-0.4, -0.2) is 17.0 Å². The largest absolute Gasteiger partial charge is 0.472 e. The Morgan fingerprint density at radius 1 is 1.28 bits per heavy atom. The Balaban J connectivity index is 1.89. The predicted molar refractivity (Wildman–Crippen MR) is 65.5 cm³/mol. The molecule has 2 aliphatic carbocycles. The van der Waals surface area contributed by atoms with Crippen molar-refractivity contribution in [3.63, 3.8) is 0 Å². The van der Waals surface area contributed by atoms with Crippen molar-refractivity contribution in [2.45, 2.75) is 51.2 Å². The number of Topliss-reactive ketones (excluding diaryl/α,β-unsaturated/α-hetero) is 1. The maximum Gasteiger partial charge on any atom is 0.201 e. The van der Waals surface area contributed by atoms with E-state index in [1.165, 1.54) is 0 Å². The Bertz CT molecular complexity index is 556. The number of ketones is 1. The summed E-state index contributed by atoms with van der Waals surface area (Å²) in [6.07, 6.45) is 6.04. The third kappa shape index (κ3) is 0.993. The van der Waals surface area contributed by atoms with E-state index < -0.39 is 5.60 Å². The third-order valence-corrected chi connectivity index (χ3v) is 5.14. The highest BCUT2D eigenvalue weighted by atomic mass is 16.6. The van der Waals surface area contributed by atoms with E-state index in [1.807, 2.05) is 0 Å². The van der Waals surface area contributed by atoms with E-state index >= 15 is 0 Å². The molecule has 2 heterocycles. The number of carbonyl (C=O) groups is 1. The summed E-state index contributed by atoms with van der Waals surface area (Å²) in [5, 5.41) is 0. The van der Waals surface area contributed by atoms with Gasteiger partial charge in [0.05, 0.1) is 11.8 Å². The summed E-state index contributed by atoms with van der Waals surface area (Å²) in [6, 6.07) is 0. The maximum absolute atomic E-state index is 12.8. The molecule has 2 fully saturated rings. The molecular formula is C15H18O3. The van der Waals surface area contributed by atoms with Gasteiger partial charge in [0.15, 0.2) is 5.60 Å². The molecule has 0 unspecified atom stereocenters. The summed E-state index contributed by atoms with van der Waals surface area (Å²) < 4.78 is 11.3. The van der Waals surface area contributed by atoms with E-state index in [2.05, 4.69) is 20.8 Å². The van der Waals surface area contributed by atoms with Crippen molar-refractivity contribution in [1.29, 1.82) is 0 Å². The topological polar surface area (TPSA) is 42.7 Å². The molecule has 0 bridgehead atoms. The SMILES string of the molecule is C[C@@H]1Cc2cocc2C(=O)[C@@]23CC(C)(C)C[C@@]12O3. The van der Waals surface area contributed by atoms with Crippen LogP contribution in [0.4, 0.5) is 0 Å². The third-order valence-electron chi connectivity index (χ3n) is 5.14. The van der Waals surface area contributed by atoms with Gasteiger partial charge in [-0.15, -0.1) is 0 Å². The molecule has 3 heteroatoms. The number of furan rings is 1. The second-order valence-corrected chi connectivity index (χ2v) is 7.08. The van der Waals surface area contributed by atoms with Crippen LogP contribution in [0.25, 0.3) is 0 Å². The molecule has 1 aromatic rings. The Labute approximate surface area is 106 Å². The highest BCUT2D eigenvalue weighted by Gasteiger charge is 2.82. The number of rotatable bonds is 0. The molecule has 0 amide bonds. The van der Waals surface area contributed by atoms with Crippen molar-refractivity contribution in [1.82, 2.24) is 0 Å². The highest BCUT2D eigenvalue weighted by molar-refractivity contribution is 6.07. The van der Waals surface area contributed by atoms with E-state index in [0.29, 0.717) is 5.92 Å². The fourth-order valence-electron chi connectivity index (χ4n) is 4.48. The lowest BCUT2D eigenvalue weighted by Crippen LogP contribution is -2.32. The van der Waals surface area contributed by atoms with Crippen molar-refractivity contribution in [2.24, 2.45) is 11.3 Å². The summed E-state index contributed by atoms with van der Waals surface area (Å²) in [7, 11) is 0. The summed E-state index contributed by atoms with van der Waals surface area (Å²) >= 11 is 0. The van der Waals surface area contributed by atoms with Crippen molar-refractivity contribution >= 4 is 5.78 Å². The van der Waals surface area contributed by atoms with Crippen LogP contribution in [0.1, 0.15) is 49.5 Å². The minimum absolute atomic E-state index is 0.154. The standard InChI is InChI=1S/C15H18O3/c1-9-4-10-5-17-6-11(10)12(16)15-8-13(2,3)7-14(9,15)18-15/h5-6,9H,4,7-8H2,1-3H3/t9-,14-,15+/m1/s1. The van der Waals surface area contributed by atoms with E-state index in [-0.39, 0.29) is 16.8 Å². The minimum Gasteiger partial charge on any atom is -0.472 e. The first kappa shape index (κ1) is 10.8. The van der Waals surface area contributed by atoms with Gasteiger partial charge in [-0.1, -0.05) is 20.8 Å². The van der Waals surface area contributed by atoms with Crippen LogP contribution >= 0.6 is 0 Å². The van der Waals surface area contributed by atoms with Crippen LogP contribution in [0.3, 0.4) is 0 Å². The molecular weight excluding hydrogens is 228 g/mol. The lowest BCUT2D eigenvalue weighted by atomic mass is 9.82. The number of ether oxygens (including phenoxy) is 1. The molecule has 0 spiro atoms. The van der Waals surface area contributed by atoms with Gasteiger partial charge in [-0.25, -0.2) is 0 Å². The molecule has 0 radical (unpaired) electrons. The van der Waals surface area contributed by atoms with E-state index in [1.54, 1.807) is 12.5 Å². The molecule has 4 rings (SSSR count). The quantitative estimate of drug-likeness (QED) is 0.661. The van der Waals surface area contributed by atoms with Crippen molar-refractivity contribution in [3.05, 3.63) is 23.7 Å². The van der Waals surface area contributed by atoms with Gasteiger partial charge < -0.3 is 9.15 Å². The summed E-state index contributed by atoms with van der Waals surface area (Å²) in [4.78, 5) is 12.8. The lowest BCUT2D eigenvalue weighted by Gasteiger charge is -2.25. The fraction of sp³-hybridized carbons (Fsp3) is 0.667. The van der Waals surface area contributed by atoms with Crippen molar-refractivity contribution in [2.75, 3.05) is 0 Å². The molecule has 3 aliphatic rings. The van der Waals surface area contributed by atoms with Gasteiger partial charge in [-0.3, -0.25) is 4.79 Å². The van der Waals surface area contributed by atoms with Crippen LogP contribution in [0.2, 0.25) is 0 Å². The van der Waals surface area contributed by atoms with Crippen molar-refractivity contribution < 1.29 is 13.9 Å². The van der Waals surface area contributed by atoms with Crippen LogP contribution < -0.4 is 0 Å². The maximum atomic E-state index is 12.8. The number of carbonyl (C=O) groups excluding carboxylic acids is 1. The van der Waals surface area contributed by atoms with Crippen molar-refractivity contribution in [3.8, 4) is 0 Å². The highest BCUT2D eigenvalue weighted by Crippen LogP contribution is 2.70. The molecule has 0 N–H and O–H groups in total. The van der Waals surface area contributed by atoms with E-state index in [4.69, 9.17) is 9.15 Å². The van der Waals surface area contributed by atoms with Gasteiger partial charge in [-0.2, -0.15) is 0 Å². The average Bonchev–Trinajstić information content (AvgIpc) is 2.65. The zero-order valence-corrected chi connectivity index (χ0v) is 11.1. The normalized spacial score (nSPS) is 43.9. The number of hydrogen-bond acceptors (Lipinski definition) is 3. The summed E-state index contributed by atoms with van der Waals surface area (Å²) in [6.45, 7) is 6.69. The summed E-state index contributed by atoms with van der Waals surface area (Å²) in [5.41, 5.74) is 1.24. The van der Waals surface area contributed by atoms with Gasteiger partial charge in [-0.05, 0) is 30.6 Å². The Hall–Kier alpha value is -1.09. The molecule has 1 saturated heterocycles. The zero-order chi connectivity index (χ0) is 12.8. The monoisotopic (exact) mass is 246 g/mol. The number of hydrogen-bond donors (Lipinski definition) is 0. The molecule has 96 valence electrons. The molecule has 3 nitrogen and oxygen atoms in total. The first-order valence-corrected chi connectivity index (χ1v) is 6.70. The first-order chi connectivity index (χ1) is 8.40. The van der Waals surface area contributed by atoms with E-state index in [9.17, 15) is 4.79 Å². The first-order valence-electron chi connectivity index (χ1n) is 6.70. The lowest BCUT2D eigenvalue weighted by molar-refractivity contribution is 0.0742. The average molecular weight is 246 g/mol. The second-order valence-electron chi connectivity index (χ2n) is 7.08. The molecule has 3 atom stereocenters. The van der Waals surface area contributed by atoms with Crippen LogP contribution in [-0.2, 0) is 11.2 Å². The van der Waals surface area contributed by atoms with Crippen LogP contribution in [0.5, 0.6) is 0 Å². The summed E-state index contributed by atoms with van der Waals surface area (Å²) in [5.74, 6) is 0.531. The second kappa shape index (κ2) is 2.74. The molecule has 1 saturated carbocycles. The number of epoxide rings is 1. The minimum atomic E-state index is -0.551. The smallest absolute Gasteiger partial charge is 0.201 e. The van der Waals surface area contributed by atoms with E-state index in [0.717, 1.165) is 30.4 Å². The predicted octanol–water partition coefficient (Wildman–Crippen LogP) is 2.98. The van der Waals surface area contributed by atoms with Crippen LogP contribution in [0.15, 0.2) is 16.9 Å². The van der Waals surface area contributed by atoms with Crippen LogP contribution in [0, 0.1) is 11.3 Å². The molecule has 1 aromatic heterocycles. The Morgan fingerprint density at radius 2 is 2.06 bits per heavy atom. The zero-order valence-electron chi connectivity index (χ0n) is 11.1. The number of fused-ring (bicyclic) bond motifs is 1. The Morgan fingerprint density at radius 3 is 2.83 bits per heavy atom. The van der Waals surface area contributed by atoms with Gasteiger partial charge in [0, 0.05) is 5.56 Å². The van der Waals surface area contributed by atoms with Gasteiger partial charge in [0.2, 0.25) is 5.78 Å². The Kier molecular flexibility index (Phi) is 1.65. The van der Waals surface area contributed by atoms with Gasteiger partial charge >= 0.3 is 0 Å². The van der Waals surface area contributed by atoms with Gasteiger partial charge in [0.25, 0.3) is 0 Å².